The number of rotatable bonds is 5. The van der Waals surface area contributed by atoms with Crippen molar-refractivity contribution in [3.05, 3.63) is 39.8 Å². The second-order valence-electron chi connectivity index (χ2n) is 5.54. The van der Waals surface area contributed by atoms with E-state index in [-0.39, 0.29) is 11.8 Å². The van der Waals surface area contributed by atoms with Gasteiger partial charge in [-0.1, -0.05) is 65.5 Å². The third-order valence-electron chi connectivity index (χ3n) is 3.68. The van der Waals surface area contributed by atoms with Crippen LogP contribution in [0.25, 0.3) is 6.08 Å². The van der Waals surface area contributed by atoms with Crippen LogP contribution in [-0.2, 0) is 9.59 Å². The molecule has 0 aliphatic carbocycles. The van der Waals surface area contributed by atoms with Crippen molar-refractivity contribution >= 4 is 74.7 Å². The highest BCUT2D eigenvalue weighted by Gasteiger charge is 2.31. The van der Waals surface area contributed by atoms with Crippen LogP contribution in [-0.4, -0.2) is 45.0 Å². The number of hydrogen-bond donors (Lipinski definition) is 1. The average molecular weight is 426 g/mol. The highest BCUT2D eigenvalue weighted by Crippen LogP contribution is 2.33. The van der Waals surface area contributed by atoms with Crippen molar-refractivity contribution in [2.75, 3.05) is 18.8 Å². The molecule has 1 aromatic rings. The van der Waals surface area contributed by atoms with Gasteiger partial charge in [0.1, 0.15) is 4.32 Å². The van der Waals surface area contributed by atoms with E-state index in [1.165, 1.54) is 16.7 Å². The molecule has 1 fully saturated rings. The fourth-order valence-corrected chi connectivity index (χ4v) is 4.65. The van der Waals surface area contributed by atoms with Crippen LogP contribution < -0.4 is 5.32 Å². The van der Waals surface area contributed by atoms with Crippen molar-refractivity contribution in [1.82, 2.24) is 10.2 Å². The van der Waals surface area contributed by atoms with Gasteiger partial charge in [0.05, 0.1) is 11.4 Å². The maximum Gasteiger partial charge on any atom is 0.266 e. The quantitative estimate of drug-likeness (QED) is 0.577. The van der Waals surface area contributed by atoms with Crippen LogP contribution in [0, 0.1) is 0 Å². The van der Waals surface area contributed by atoms with E-state index < -0.39 is 0 Å². The van der Waals surface area contributed by atoms with Gasteiger partial charge in [-0.25, -0.2) is 0 Å². The summed E-state index contributed by atoms with van der Waals surface area (Å²) in [6, 6.07) is 7.33. The molecule has 0 aromatic heterocycles. The molecule has 3 rings (SSSR count). The second-order valence-corrected chi connectivity index (χ2v) is 8.71. The van der Waals surface area contributed by atoms with Crippen LogP contribution in [0.1, 0.15) is 18.4 Å². The van der Waals surface area contributed by atoms with E-state index in [4.69, 9.17) is 23.8 Å². The van der Waals surface area contributed by atoms with Gasteiger partial charge in [0, 0.05) is 23.7 Å². The monoisotopic (exact) mass is 425 g/mol. The summed E-state index contributed by atoms with van der Waals surface area (Å²) in [5.41, 5.74) is 0.781. The number of carbonyl (C=O) groups is 2. The standard InChI is InChI=1S/C17H16ClN3O2S3/c18-12-5-2-1-4-11(12)10-13-15(23)21(17(24)26-13)8-3-6-14(22)20-16-19-7-9-25-16/h1-2,4-5,10H,3,6-9H2,(H,19,20,22)/b13-10+. The number of nitrogens with zero attached hydrogens (tertiary/aromatic N) is 2. The molecule has 2 heterocycles. The Labute approximate surface area is 170 Å². The lowest BCUT2D eigenvalue weighted by Crippen LogP contribution is -2.31. The van der Waals surface area contributed by atoms with Gasteiger partial charge in [-0.3, -0.25) is 19.5 Å². The van der Waals surface area contributed by atoms with Gasteiger partial charge in [-0.05, 0) is 24.1 Å². The van der Waals surface area contributed by atoms with E-state index in [1.54, 1.807) is 23.9 Å². The van der Waals surface area contributed by atoms with E-state index in [9.17, 15) is 9.59 Å². The molecule has 136 valence electrons. The molecule has 2 aliphatic rings. The summed E-state index contributed by atoms with van der Waals surface area (Å²) in [6.07, 6.45) is 2.61. The molecular formula is C17H16ClN3O2S3. The second kappa shape index (κ2) is 9.03. The van der Waals surface area contributed by atoms with E-state index in [1.807, 2.05) is 18.2 Å². The smallest absolute Gasteiger partial charge is 0.266 e. The van der Waals surface area contributed by atoms with Gasteiger partial charge >= 0.3 is 0 Å². The summed E-state index contributed by atoms with van der Waals surface area (Å²) in [4.78, 5) is 30.7. The van der Waals surface area contributed by atoms with Gasteiger partial charge < -0.3 is 5.32 Å². The van der Waals surface area contributed by atoms with Crippen LogP contribution in [0.5, 0.6) is 0 Å². The normalized spacial score (nSPS) is 18.6. The topological polar surface area (TPSA) is 61.8 Å². The zero-order chi connectivity index (χ0) is 18.5. The minimum absolute atomic E-state index is 0.0878. The maximum atomic E-state index is 12.6. The molecule has 0 atom stereocenters. The highest BCUT2D eigenvalue weighted by atomic mass is 35.5. The Bertz CT molecular complexity index is 810. The molecule has 2 aliphatic heterocycles. The zero-order valence-corrected chi connectivity index (χ0v) is 16.9. The van der Waals surface area contributed by atoms with Gasteiger partial charge in [-0.2, -0.15) is 0 Å². The maximum absolute atomic E-state index is 12.6. The predicted molar refractivity (Wildman–Crippen MR) is 113 cm³/mol. The molecule has 26 heavy (non-hydrogen) atoms. The summed E-state index contributed by atoms with van der Waals surface area (Å²) in [5, 5.41) is 4.05. The first-order chi connectivity index (χ1) is 12.5. The molecular weight excluding hydrogens is 410 g/mol. The summed E-state index contributed by atoms with van der Waals surface area (Å²) in [7, 11) is 0. The van der Waals surface area contributed by atoms with Crippen molar-refractivity contribution in [3.63, 3.8) is 0 Å². The van der Waals surface area contributed by atoms with E-state index in [2.05, 4.69) is 10.3 Å². The fraction of sp³-hybridized carbons (Fsp3) is 0.294. The summed E-state index contributed by atoms with van der Waals surface area (Å²) in [6.45, 7) is 1.16. The van der Waals surface area contributed by atoms with Crippen LogP contribution in [0.15, 0.2) is 34.2 Å². The lowest BCUT2D eigenvalue weighted by Gasteiger charge is -2.14. The van der Waals surface area contributed by atoms with E-state index >= 15 is 0 Å². The van der Waals surface area contributed by atoms with Crippen molar-refractivity contribution in [2.45, 2.75) is 12.8 Å². The third-order valence-corrected chi connectivity index (χ3v) is 6.30. The number of thiocarbonyl (C=S) groups is 1. The Kier molecular flexibility index (Phi) is 6.74. The predicted octanol–water partition coefficient (Wildman–Crippen LogP) is 3.54. The average Bonchev–Trinajstić information content (AvgIpc) is 3.20. The Morgan fingerprint density at radius 1 is 1.42 bits per heavy atom. The Morgan fingerprint density at radius 2 is 2.23 bits per heavy atom. The lowest BCUT2D eigenvalue weighted by molar-refractivity contribution is -0.123. The van der Waals surface area contributed by atoms with Gasteiger partial charge in [0.15, 0.2) is 5.17 Å². The Hall–Kier alpha value is -1.35. The van der Waals surface area contributed by atoms with Crippen molar-refractivity contribution in [2.24, 2.45) is 4.99 Å². The van der Waals surface area contributed by atoms with Crippen molar-refractivity contribution < 1.29 is 9.59 Å². The summed E-state index contributed by atoms with van der Waals surface area (Å²) < 4.78 is 0.504. The van der Waals surface area contributed by atoms with E-state index in [0.717, 1.165) is 17.9 Å². The molecule has 5 nitrogen and oxygen atoms in total. The van der Waals surface area contributed by atoms with Crippen molar-refractivity contribution in [1.29, 1.82) is 0 Å². The zero-order valence-electron chi connectivity index (χ0n) is 13.7. The van der Waals surface area contributed by atoms with Crippen LogP contribution in [0.4, 0.5) is 0 Å². The number of hydrogen-bond acceptors (Lipinski definition) is 6. The van der Waals surface area contributed by atoms with Gasteiger partial charge in [0.2, 0.25) is 5.91 Å². The first kappa shape index (κ1) is 19.4. The number of benzene rings is 1. The number of carbonyl (C=O) groups excluding carboxylic acids is 2. The summed E-state index contributed by atoms with van der Waals surface area (Å²) in [5.74, 6) is 0.676. The van der Waals surface area contributed by atoms with Crippen LogP contribution in [0.2, 0.25) is 5.02 Å². The first-order valence-electron chi connectivity index (χ1n) is 8.01. The minimum Gasteiger partial charge on any atom is -0.305 e. The SMILES string of the molecule is O=C(CCCN1C(=O)/C(=C\c2ccccc2Cl)SC1=S)NC1=NCCS1. The molecule has 0 spiro atoms. The molecule has 9 heteroatoms. The van der Waals surface area contributed by atoms with Crippen LogP contribution in [0.3, 0.4) is 0 Å². The third kappa shape index (κ3) is 4.88. The summed E-state index contributed by atoms with van der Waals surface area (Å²) >= 11 is 14.3. The van der Waals surface area contributed by atoms with Crippen molar-refractivity contribution in [3.8, 4) is 0 Å². The molecule has 0 unspecified atom stereocenters. The Morgan fingerprint density at radius 3 is 2.96 bits per heavy atom. The first-order valence-corrected chi connectivity index (χ1v) is 10.6. The van der Waals surface area contributed by atoms with E-state index in [0.29, 0.717) is 38.8 Å². The molecule has 1 saturated heterocycles. The molecule has 1 aromatic carbocycles. The van der Waals surface area contributed by atoms with Gasteiger partial charge in [0.25, 0.3) is 5.91 Å². The highest BCUT2D eigenvalue weighted by molar-refractivity contribution is 8.26. The molecule has 0 bridgehead atoms. The van der Waals surface area contributed by atoms with Gasteiger partial charge in [-0.15, -0.1) is 0 Å². The molecule has 0 saturated carbocycles. The number of amidine groups is 1. The Balaban J connectivity index is 1.54. The van der Waals surface area contributed by atoms with Crippen LogP contribution >= 0.6 is 47.3 Å². The number of halogens is 1. The fourth-order valence-electron chi connectivity index (χ4n) is 2.42. The molecule has 2 amide bonds. The number of nitrogens with one attached hydrogen (secondary N) is 1. The number of thioether (sulfide) groups is 2. The minimum atomic E-state index is -0.143. The number of aliphatic imine (C=N–C) groups is 1. The molecule has 0 radical (unpaired) electrons. The largest absolute Gasteiger partial charge is 0.305 e. The number of amides is 2. The molecule has 1 N–H and O–H groups in total. The lowest BCUT2D eigenvalue weighted by atomic mass is 10.2.